The fraction of sp³-hybridized carbons (Fsp3) is 0.261. The molecule has 1 aliphatic rings. The van der Waals surface area contributed by atoms with E-state index in [-0.39, 0.29) is 29.7 Å². The van der Waals surface area contributed by atoms with Crippen molar-refractivity contribution in [2.45, 2.75) is 26.3 Å². The van der Waals surface area contributed by atoms with Gasteiger partial charge in [-0.05, 0) is 83.6 Å². The zero-order valence-electron chi connectivity index (χ0n) is 17.9. The van der Waals surface area contributed by atoms with Crippen LogP contribution in [0.3, 0.4) is 0 Å². The summed E-state index contributed by atoms with van der Waals surface area (Å²) in [5.41, 5.74) is 1.38. The van der Waals surface area contributed by atoms with Crippen molar-refractivity contribution < 1.29 is 23.9 Å². The van der Waals surface area contributed by atoms with Gasteiger partial charge in [-0.25, -0.2) is 0 Å². The molecule has 2 aromatic carbocycles. The highest BCUT2D eigenvalue weighted by molar-refractivity contribution is 14.1. The van der Waals surface area contributed by atoms with Crippen LogP contribution < -0.4 is 14.8 Å². The predicted octanol–water partition coefficient (Wildman–Crippen LogP) is 5.15. The summed E-state index contributed by atoms with van der Waals surface area (Å²) in [6, 6.07) is 12.5. The number of rotatable bonds is 8. The van der Waals surface area contributed by atoms with Crippen molar-refractivity contribution in [1.82, 2.24) is 4.90 Å². The quantitative estimate of drug-likeness (QED) is 0.352. The number of thioether (sulfide) groups is 1. The summed E-state index contributed by atoms with van der Waals surface area (Å²) in [5.74, 6) is 0.274. The Kier molecular flexibility index (Phi) is 8.19. The Hall–Kier alpha value is -2.53. The van der Waals surface area contributed by atoms with Crippen LogP contribution in [0.25, 0.3) is 6.08 Å². The van der Waals surface area contributed by atoms with Crippen LogP contribution in [0.4, 0.5) is 10.5 Å². The zero-order chi connectivity index (χ0) is 23.3. The molecule has 0 aliphatic carbocycles. The smallest absolute Gasteiger partial charge is 0.293 e. The van der Waals surface area contributed by atoms with Crippen molar-refractivity contribution in [1.29, 1.82) is 0 Å². The summed E-state index contributed by atoms with van der Waals surface area (Å²) in [6.07, 6.45) is 2.37. The predicted molar refractivity (Wildman–Crippen MR) is 134 cm³/mol. The standard InChI is InChI=1S/C23H23IN2O5S/c1-4-14(2)26-22(28)19(32-23(26)29)12-15-10-17(24)21(18(11-15)30-3)31-13-20(27)25-16-8-6-5-7-9-16/h5-12,14H,4,13H2,1-3H3,(H,25,27)/b19-12-/t14-/m0/s1. The lowest BCUT2D eigenvalue weighted by Crippen LogP contribution is -2.36. The number of methoxy groups -OCH3 is 1. The molecule has 0 spiro atoms. The first-order valence-corrected chi connectivity index (χ1v) is 11.9. The molecule has 3 rings (SSSR count). The second-order valence-corrected chi connectivity index (χ2v) is 9.20. The number of hydrogen-bond acceptors (Lipinski definition) is 6. The highest BCUT2D eigenvalue weighted by Crippen LogP contribution is 2.38. The third kappa shape index (κ3) is 5.63. The molecule has 1 heterocycles. The summed E-state index contributed by atoms with van der Waals surface area (Å²) in [6.45, 7) is 3.60. The summed E-state index contributed by atoms with van der Waals surface area (Å²) in [5, 5.41) is 2.50. The molecule has 9 heteroatoms. The molecule has 0 saturated carbocycles. The van der Waals surface area contributed by atoms with Gasteiger partial charge >= 0.3 is 0 Å². The van der Waals surface area contributed by atoms with Gasteiger partial charge < -0.3 is 14.8 Å². The van der Waals surface area contributed by atoms with Crippen LogP contribution in [0.2, 0.25) is 0 Å². The molecule has 7 nitrogen and oxygen atoms in total. The number of benzene rings is 2. The normalized spacial score (nSPS) is 15.8. The van der Waals surface area contributed by atoms with Crippen molar-refractivity contribution in [3.8, 4) is 11.5 Å². The van der Waals surface area contributed by atoms with Gasteiger partial charge in [0, 0.05) is 11.7 Å². The Morgan fingerprint density at radius 2 is 1.97 bits per heavy atom. The number of hydrogen-bond donors (Lipinski definition) is 1. The number of halogens is 1. The van der Waals surface area contributed by atoms with E-state index in [1.807, 2.05) is 38.1 Å². The minimum atomic E-state index is -0.295. The van der Waals surface area contributed by atoms with E-state index >= 15 is 0 Å². The maximum Gasteiger partial charge on any atom is 0.293 e. The Bertz CT molecular complexity index is 1060. The number of imide groups is 1. The molecule has 0 radical (unpaired) electrons. The summed E-state index contributed by atoms with van der Waals surface area (Å²) < 4.78 is 11.9. The van der Waals surface area contributed by atoms with Crippen LogP contribution in [-0.4, -0.2) is 41.7 Å². The van der Waals surface area contributed by atoms with Gasteiger partial charge in [-0.2, -0.15) is 0 Å². The molecule has 1 fully saturated rings. The molecule has 32 heavy (non-hydrogen) atoms. The van der Waals surface area contributed by atoms with Crippen molar-refractivity contribution in [2.75, 3.05) is 19.0 Å². The third-order valence-electron chi connectivity index (χ3n) is 4.81. The number of nitrogens with one attached hydrogen (secondary N) is 1. The first-order valence-electron chi connectivity index (χ1n) is 9.96. The highest BCUT2D eigenvalue weighted by atomic mass is 127. The van der Waals surface area contributed by atoms with Gasteiger partial charge in [0.15, 0.2) is 18.1 Å². The van der Waals surface area contributed by atoms with E-state index < -0.39 is 0 Å². The second kappa shape index (κ2) is 10.9. The Morgan fingerprint density at radius 1 is 1.25 bits per heavy atom. The number of amides is 3. The molecule has 168 valence electrons. The van der Waals surface area contributed by atoms with Crippen molar-refractivity contribution in [3.05, 3.63) is 56.5 Å². The molecule has 0 unspecified atom stereocenters. The maximum absolute atomic E-state index is 12.7. The van der Waals surface area contributed by atoms with Crippen LogP contribution in [0.15, 0.2) is 47.4 Å². The van der Waals surface area contributed by atoms with Crippen molar-refractivity contribution in [3.63, 3.8) is 0 Å². The number of carbonyl (C=O) groups is 3. The summed E-state index contributed by atoms with van der Waals surface area (Å²) in [7, 11) is 1.50. The van der Waals surface area contributed by atoms with E-state index in [1.165, 1.54) is 12.0 Å². The lowest BCUT2D eigenvalue weighted by atomic mass is 10.1. The van der Waals surface area contributed by atoms with E-state index in [9.17, 15) is 14.4 Å². The van der Waals surface area contributed by atoms with E-state index in [2.05, 4.69) is 27.9 Å². The Labute approximate surface area is 204 Å². The number of nitrogens with zero attached hydrogens (tertiary/aromatic N) is 1. The van der Waals surface area contributed by atoms with E-state index in [0.29, 0.717) is 37.6 Å². The number of anilines is 1. The first-order chi connectivity index (χ1) is 15.3. The van der Waals surface area contributed by atoms with Gasteiger partial charge in [-0.15, -0.1) is 0 Å². The number of carbonyl (C=O) groups excluding carboxylic acids is 3. The summed E-state index contributed by atoms with van der Waals surface area (Å²) >= 11 is 3.02. The molecular formula is C23H23IN2O5S. The minimum Gasteiger partial charge on any atom is -0.493 e. The Morgan fingerprint density at radius 3 is 2.62 bits per heavy atom. The van der Waals surface area contributed by atoms with Gasteiger partial charge in [0.25, 0.3) is 17.1 Å². The van der Waals surface area contributed by atoms with Gasteiger partial charge in [-0.1, -0.05) is 25.1 Å². The molecule has 0 aromatic heterocycles. The van der Waals surface area contributed by atoms with Gasteiger partial charge in [0.2, 0.25) is 0 Å². The first kappa shape index (κ1) is 24.1. The van der Waals surface area contributed by atoms with Crippen LogP contribution in [0.5, 0.6) is 11.5 Å². The Balaban J connectivity index is 1.75. The SMILES string of the molecule is CC[C@H](C)N1C(=O)S/C(=C\c2cc(I)c(OCC(=O)Nc3ccccc3)c(OC)c2)C1=O. The second-order valence-electron chi connectivity index (χ2n) is 7.05. The molecule has 1 saturated heterocycles. The molecule has 1 N–H and O–H groups in total. The molecule has 2 aromatic rings. The third-order valence-corrected chi connectivity index (χ3v) is 6.49. The molecule has 0 bridgehead atoms. The summed E-state index contributed by atoms with van der Waals surface area (Å²) in [4.78, 5) is 38.8. The molecule has 1 atom stereocenters. The monoisotopic (exact) mass is 566 g/mol. The fourth-order valence-electron chi connectivity index (χ4n) is 3.01. The van der Waals surface area contributed by atoms with Gasteiger partial charge in [0.1, 0.15) is 0 Å². The van der Waals surface area contributed by atoms with E-state index in [0.717, 1.165) is 11.8 Å². The van der Waals surface area contributed by atoms with Crippen molar-refractivity contribution >= 4 is 63.2 Å². The van der Waals surface area contributed by atoms with E-state index in [1.54, 1.807) is 24.3 Å². The molecule has 3 amide bonds. The van der Waals surface area contributed by atoms with Gasteiger partial charge in [0.05, 0.1) is 15.6 Å². The van der Waals surface area contributed by atoms with Crippen molar-refractivity contribution in [2.24, 2.45) is 0 Å². The fourth-order valence-corrected chi connectivity index (χ4v) is 4.72. The lowest BCUT2D eigenvalue weighted by molar-refractivity contribution is -0.124. The van der Waals surface area contributed by atoms with Gasteiger partial charge in [-0.3, -0.25) is 19.3 Å². The average molecular weight is 566 g/mol. The molecule has 1 aliphatic heterocycles. The van der Waals surface area contributed by atoms with Crippen LogP contribution in [-0.2, 0) is 9.59 Å². The van der Waals surface area contributed by atoms with E-state index in [4.69, 9.17) is 9.47 Å². The average Bonchev–Trinajstić information content (AvgIpc) is 3.05. The zero-order valence-corrected chi connectivity index (χ0v) is 20.9. The lowest BCUT2D eigenvalue weighted by Gasteiger charge is -2.19. The van der Waals surface area contributed by atoms with Crippen LogP contribution >= 0.6 is 34.4 Å². The number of ether oxygens (including phenoxy) is 2. The van der Waals surface area contributed by atoms with Crippen LogP contribution in [0, 0.1) is 3.57 Å². The number of para-hydroxylation sites is 1. The highest BCUT2D eigenvalue weighted by Gasteiger charge is 2.37. The molecular weight excluding hydrogens is 543 g/mol. The topological polar surface area (TPSA) is 84.9 Å². The van der Waals surface area contributed by atoms with Crippen LogP contribution in [0.1, 0.15) is 25.8 Å². The minimum absolute atomic E-state index is 0.152. The maximum atomic E-state index is 12.7. The largest absolute Gasteiger partial charge is 0.493 e.